The van der Waals surface area contributed by atoms with Gasteiger partial charge in [0.1, 0.15) is 5.82 Å². The van der Waals surface area contributed by atoms with E-state index in [2.05, 4.69) is 17.3 Å². The van der Waals surface area contributed by atoms with E-state index in [0.29, 0.717) is 28.2 Å². The molecule has 0 radical (unpaired) electrons. The highest BCUT2D eigenvalue weighted by molar-refractivity contribution is 6.05. The Balaban J connectivity index is 1.50. The molecule has 166 valence electrons. The Labute approximate surface area is 187 Å². The molecule has 0 aliphatic carbocycles. The molecule has 0 saturated carbocycles. The van der Waals surface area contributed by atoms with Gasteiger partial charge in [0.25, 0.3) is 11.8 Å². The number of nitrogens with one attached hydrogen (secondary N) is 1. The van der Waals surface area contributed by atoms with Crippen molar-refractivity contribution >= 4 is 17.5 Å². The van der Waals surface area contributed by atoms with Crippen LogP contribution in [-0.4, -0.2) is 39.1 Å². The number of amides is 2. The van der Waals surface area contributed by atoms with Gasteiger partial charge in [-0.25, -0.2) is 9.07 Å². The zero-order valence-corrected chi connectivity index (χ0v) is 18.6. The number of piperidine rings is 1. The lowest BCUT2D eigenvalue weighted by molar-refractivity contribution is 0.0635. The molecule has 0 bridgehead atoms. The van der Waals surface area contributed by atoms with Crippen LogP contribution >= 0.6 is 0 Å². The van der Waals surface area contributed by atoms with Gasteiger partial charge in [0.05, 0.1) is 23.1 Å². The van der Waals surface area contributed by atoms with Crippen molar-refractivity contribution in [2.75, 3.05) is 11.9 Å². The zero-order valence-electron chi connectivity index (χ0n) is 18.6. The van der Waals surface area contributed by atoms with Crippen molar-refractivity contribution in [2.45, 2.75) is 46.1 Å². The topological polar surface area (TPSA) is 67.2 Å². The van der Waals surface area contributed by atoms with Crippen LogP contribution in [0, 0.1) is 19.7 Å². The average molecular weight is 435 g/mol. The minimum atomic E-state index is -0.330. The van der Waals surface area contributed by atoms with Crippen molar-refractivity contribution in [3.63, 3.8) is 0 Å². The third-order valence-corrected chi connectivity index (χ3v) is 6.11. The van der Waals surface area contributed by atoms with Crippen LogP contribution in [0.2, 0.25) is 0 Å². The summed E-state index contributed by atoms with van der Waals surface area (Å²) < 4.78 is 14.8. The number of benzene rings is 2. The molecule has 1 saturated heterocycles. The third-order valence-electron chi connectivity index (χ3n) is 6.11. The van der Waals surface area contributed by atoms with Crippen LogP contribution in [0.15, 0.2) is 48.7 Å². The van der Waals surface area contributed by atoms with E-state index in [4.69, 9.17) is 0 Å². The molecule has 2 aromatic carbocycles. The van der Waals surface area contributed by atoms with Crippen molar-refractivity contribution in [3.8, 4) is 5.69 Å². The smallest absolute Gasteiger partial charge is 0.259 e. The van der Waals surface area contributed by atoms with Crippen molar-refractivity contribution in [1.29, 1.82) is 0 Å². The summed E-state index contributed by atoms with van der Waals surface area (Å²) in [5, 5.41) is 7.20. The van der Waals surface area contributed by atoms with E-state index in [1.54, 1.807) is 35.9 Å². The fourth-order valence-electron chi connectivity index (χ4n) is 4.17. The van der Waals surface area contributed by atoms with Gasteiger partial charge in [0, 0.05) is 23.8 Å². The molecule has 1 aliphatic heterocycles. The van der Waals surface area contributed by atoms with Gasteiger partial charge in [0.2, 0.25) is 0 Å². The monoisotopic (exact) mass is 434 g/mol. The average Bonchev–Trinajstić information content (AvgIpc) is 3.17. The van der Waals surface area contributed by atoms with Gasteiger partial charge in [-0.3, -0.25) is 9.59 Å². The fraction of sp³-hybridized carbons (Fsp3) is 0.320. The molecule has 6 nitrogen and oxygen atoms in total. The standard InChI is InChI=1S/C25H27FN4O2/c1-16-14-19(25(32)29-13-5-4-6-17(29)2)7-12-23(16)28-24(31)22-15-27-30(18(22)3)21-10-8-20(26)9-11-21/h7-12,14-15,17H,4-6,13H2,1-3H3,(H,28,31). The largest absolute Gasteiger partial charge is 0.336 e. The first kappa shape index (κ1) is 21.7. The minimum Gasteiger partial charge on any atom is -0.336 e. The summed E-state index contributed by atoms with van der Waals surface area (Å²) in [4.78, 5) is 27.8. The summed E-state index contributed by atoms with van der Waals surface area (Å²) in [6, 6.07) is 11.5. The number of carbonyl (C=O) groups excluding carboxylic acids is 2. The van der Waals surface area contributed by atoms with Gasteiger partial charge in [0.15, 0.2) is 0 Å². The molecule has 0 spiro atoms. The van der Waals surface area contributed by atoms with E-state index in [-0.39, 0.29) is 23.7 Å². The van der Waals surface area contributed by atoms with E-state index < -0.39 is 0 Å². The van der Waals surface area contributed by atoms with Crippen LogP contribution < -0.4 is 5.32 Å². The first-order valence-corrected chi connectivity index (χ1v) is 10.9. The van der Waals surface area contributed by atoms with Gasteiger partial charge in [-0.2, -0.15) is 5.10 Å². The Morgan fingerprint density at radius 2 is 1.84 bits per heavy atom. The molecular weight excluding hydrogens is 407 g/mol. The zero-order chi connectivity index (χ0) is 22.8. The van der Waals surface area contributed by atoms with Crippen molar-refractivity contribution in [1.82, 2.24) is 14.7 Å². The maximum atomic E-state index is 13.2. The second-order valence-corrected chi connectivity index (χ2v) is 8.36. The molecule has 4 rings (SSSR count). The van der Waals surface area contributed by atoms with E-state index >= 15 is 0 Å². The van der Waals surface area contributed by atoms with Crippen LogP contribution in [0.4, 0.5) is 10.1 Å². The summed E-state index contributed by atoms with van der Waals surface area (Å²) in [5.74, 6) is -0.582. The molecule has 2 heterocycles. The second kappa shape index (κ2) is 8.94. The summed E-state index contributed by atoms with van der Waals surface area (Å²) in [5.41, 5.74) is 3.85. The van der Waals surface area contributed by atoms with Crippen LogP contribution in [0.25, 0.3) is 5.69 Å². The fourth-order valence-corrected chi connectivity index (χ4v) is 4.17. The lowest BCUT2D eigenvalue weighted by Crippen LogP contribution is -2.42. The highest BCUT2D eigenvalue weighted by Gasteiger charge is 2.24. The SMILES string of the molecule is Cc1cc(C(=O)N2CCCCC2C)ccc1NC(=O)c1cnn(-c2ccc(F)cc2)c1C. The predicted octanol–water partition coefficient (Wildman–Crippen LogP) is 4.90. The number of hydrogen-bond acceptors (Lipinski definition) is 3. The maximum Gasteiger partial charge on any atom is 0.259 e. The molecule has 2 amide bonds. The first-order chi connectivity index (χ1) is 15.3. The summed E-state index contributed by atoms with van der Waals surface area (Å²) in [7, 11) is 0. The Morgan fingerprint density at radius 1 is 1.09 bits per heavy atom. The van der Waals surface area contributed by atoms with Crippen LogP contribution in [-0.2, 0) is 0 Å². The van der Waals surface area contributed by atoms with E-state index in [1.807, 2.05) is 17.9 Å². The number of anilines is 1. The van der Waals surface area contributed by atoms with Crippen molar-refractivity contribution in [2.24, 2.45) is 0 Å². The second-order valence-electron chi connectivity index (χ2n) is 8.36. The molecular formula is C25H27FN4O2. The normalized spacial score (nSPS) is 16.1. The highest BCUT2D eigenvalue weighted by atomic mass is 19.1. The minimum absolute atomic E-state index is 0.0367. The Bertz CT molecular complexity index is 1150. The molecule has 1 unspecified atom stereocenters. The number of aromatic nitrogens is 2. The molecule has 1 aliphatic rings. The number of carbonyl (C=O) groups is 2. The maximum absolute atomic E-state index is 13.2. The molecule has 1 aromatic heterocycles. The molecule has 7 heteroatoms. The number of nitrogens with zero attached hydrogens (tertiary/aromatic N) is 3. The molecule has 32 heavy (non-hydrogen) atoms. The Kier molecular flexibility index (Phi) is 6.08. The van der Waals surface area contributed by atoms with Gasteiger partial charge in [-0.1, -0.05) is 0 Å². The summed E-state index contributed by atoms with van der Waals surface area (Å²) in [6.45, 7) is 6.54. The first-order valence-electron chi connectivity index (χ1n) is 10.9. The van der Waals surface area contributed by atoms with Gasteiger partial charge in [-0.05, 0) is 88.1 Å². The molecule has 1 N–H and O–H groups in total. The van der Waals surface area contributed by atoms with Crippen LogP contribution in [0.5, 0.6) is 0 Å². The van der Waals surface area contributed by atoms with E-state index in [0.717, 1.165) is 31.4 Å². The quantitative estimate of drug-likeness (QED) is 0.635. The number of likely N-dealkylation sites (tertiary alicyclic amines) is 1. The number of aryl methyl sites for hydroxylation is 1. The van der Waals surface area contributed by atoms with Crippen LogP contribution in [0.1, 0.15) is 58.2 Å². The number of halogens is 1. The van der Waals surface area contributed by atoms with E-state index in [1.165, 1.54) is 18.3 Å². The predicted molar refractivity (Wildman–Crippen MR) is 122 cm³/mol. The lowest BCUT2D eigenvalue weighted by Gasteiger charge is -2.33. The Hall–Kier alpha value is -3.48. The summed E-state index contributed by atoms with van der Waals surface area (Å²) in [6.07, 6.45) is 4.73. The summed E-state index contributed by atoms with van der Waals surface area (Å²) >= 11 is 0. The van der Waals surface area contributed by atoms with E-state index in [9.17, 15) is 14.0 Å². The van der Waals surface area contributed by atoms with Crippen molar-refractivity contribution in [3.05, 3.63) is 76.9 Å². The number of hydrogen-bond donors (Lipinski definition) is 1. The highest BCUT2D eigenvalue weighted by Crippen LogP contribution is 2.23. The third kappa shape index (κ3) is 4.28. The van der Waals surface area contributed by atoms with Gasteiger partial charge < -0.3 is 10.2 Å². The molecule has 1 fully saturated rings. The van der Waals surface area contributed by atoms with Crippen molar-refractivity contribution < 1.29 is 14.0 Å². The lowest BCUT2D eigenvalue weighted by atomic mass is 10.0. The number of rotatable bonds is 4. The van der Waals surface area contributed by atoms with Gasteiger partial charge in [-0.15, -0.1) is 0 Å². The molecule has 1 atom stereocenters. The van der Waals surface area contributed by atoms with Crippen LogP contribution in [0.3, 0.4) is 0 Å². The molecule has 3 aromatic rings. The van der Waals surface area contributed by atoms with Gasteiger partial charge >= 0.3 is 0 Å². The Morgan fingerprint density at radius 3 is 2.53 bits per heavy atom.